The first-order chi connectivity index (χ1) is 5.16. The van der Waals surface area contributed by atoms with E-state index in [0.29, 0.717) is 0 Å². The molecule has 64 valence electrons. The maximum Gasteiger partial charge on any atom is 0.325 e. The lowest BCUT2D eigenvalue weighted by Gasteiger charge is -2.07. The van der Waals surface area contributed by atoms with Gasteiger partial charge >= 0.3 is 5.97 Å². The average molecular weight is 175 g/mol. The lowest BCUT2D eigenvalue weighted by molar-refractivity contribution is -0.137. The second-order valence-electron chi connectivity index (χ2n) is 2.58. The van der Waals surface area contributed by atoms with Gasteiger partial charge in [0, 0.05) is 5.75 Å². The highest BCUT2D eigenvalue weighted by Crippen LogP contribution is 2.28. The monoisotopic (exact) mass is 175 g/mol. The van der Waals surface area contributed by atoms with Crippen molar-refractivity contribution in [3.05, 3.63) is 0 Å². The van der Waals surface area contributed by atoms with Gasteiger partial charge in [0.25, 0.3) is 0 Å². The topological polar surface area (TPSA) is 49.3 Å². The molecule has 1 rings (SSSR count). The van der Waals surface area contributed by atoms with Gasteiger partial charge in [0.2, 0.25) is 0 Å². The molecule has 0 aromatic heterocycles. The quantitative estimate of drug-likeness (QED) is 0.597. The minimum absolute atomic E-state index is 0.272. The van der Waals surface area contributed by atoms with E-state index >= 15 is 0 Å². The molecule has 0 amide bonds. The molecule has 1 aliphatic heterocycles. The van der Waals surface area contributed by atoms with Crippen molar-refractivity contribution in [2.45, 2.75) is 13.0 Å². The third kappa shape index (κ3) is 2.04. The molecule has 1 heterocycles. The summed E-state index contributed by atoms with van der Waals surface area (Å²) < 4.78 is 0. The molecule has 0 fully saturated rings. The van der Waals surface area contributed by atoms with E-state index < -0.39 is 5.97 Å². The van der Waals surface area contributed by atoms with Gasteiger partial charge in [-0.2, -0.15) is 10.5 Å². The second kappa shape index (κ2) is 3.36. The molecule has 0 aliphatic carbocycles. The molecule has 0 saturated carbocycles. The maximum absolute atomic E-state index is 10.6. The van der Waals surface area contributed by atoms with Crippen LogP contribution in [0.25, 0.3) is 0 Å². The summed E-state index contributed by atoms with van der Waals surface area (Å²) in [5, 5.41) is 11.7. The van der Waals surface area contributed by atoms with E-state index in [1.165, 1.54) is 4.86 Å². The summed E-state index contributed by atoms with van der Waals surface area (Å²) in [5.41, 5.74) is 0. The fraction of sp³-hybridized carbons (Fsp3) is 0.714. The lowest BCUT2D eigenvalue weighted by atomic mass is 10.2. The van der Waals surface area contributed by atoms with Crippen molar-refractivity contribution < 1.29 is 9.90 Å². The Morgan fingerprint density at radius 2 is 2.45 bits per heavy atom. The molecule has 2 atom stereocenters. The van der Waals surface area contributed by atoms with E-state index in [1.807, 2.05) is 6.92 Å². The number of aliphatic carboxylic acids is 1. The minimum atomic E-state index is -0.737. The van der Waals surface area contributed by atoms with Crippen LogP contribution < -0.4 is 5.32 Å². The average Bonchev–Trinajstić information content (AvgIpc) is 2.61. The Morgan fingerprint density at radius 3 is 2.73 bits per heavy atom. The van der Waals surface area contributed by atoms with Gasteiger partial charge in [-0.15, -0.1) is 0 Å². The molecular weight excluding hydrogens is 162 g/mol. The van der Waals surface area contributed by atoms with Gasteiger partial charge in [-0.05, 0) is 17.7 Å². The van der Waals surface area contributed by atoms with E-state index in [9.17, 15) is 4.79 Å². The van der Waals surface area contributed by atoms with E-state index in [2.05, 4.69) is 11.6 Å². The third-order valence-corrected chi connectivity index (χ3v) is 3.37. The summed E-state index contributed by atoms with van der Waals surface area (Å²) >= 11 is 0. The Bertz CT molecular complexity index is 212. The van der Waals surface area contributed by atoms with Crippen LogP contribution in [0.1, 0.15) is 6.92 Å². The molecule has 11 heavy (non-hydrogen) atoms. The lowest BCUT2D eigenvalue weighted by Crippen LogP contribution is -2.40. The zero-order chi connectivity index (χ0) is 8.43. The summed E-state index contributed by atoms with van der Waals surface area (Å²) in [6, 6.07) is -0.381. The Kier molecular flexibility index (Phi) is 2.67. The first-order valence-electron chi connectivity index (χ1n) is 3.61. The molecular formula is C7H13NO2S. The summed E-state index contributed by atoms with van der Waals surface area (Å²) in [7, 11) is 0.272. The predicted molar refractivity (Wildman–Crippen MR) is 48.5 cm³/mol. The van der Waals surface area contributed by atoms with E-state index in [0.717, 1.165) is 12.3 Å². The van der Waals surface area contributed by atoms with Crippen LogP contribution in [0.5, 0.6) is 0 Å². The number of carboxylic acid groups (broad SMARTS) is 1. The third-order valence-electron chi connectivity index (χ3n) is 1.69. The van der Waals surface area contributed by atoms with Crippen LogP contribution >= 0.6 is 10.5 Å². The number of carbonyl (C=O) groups is 1. The Balaban J connectivity index is 2.54. The summed E-state index contributed by atoms with van der Waals surface area (Å²) in [6.07, 6.45) is 2.09. The van der Waals surface area contributed by atoms with Crippen LogP contribution in [0.2, 0.25) is 0 Å². The standard InChI is InChI=1S/C7H13NO2S/c1-3-8-6(7(9)10)5-4-11(5)2/h6,8H,3-4H2,1-2H3,(H,9,10). The summed E-state index contributed by atoms with van der Waals surface area (Å²) in [5.74, 6) is 0.267. The van der Waals surface area contributed by atoms with Crippen molar-refractivity contribution in [2.75, 3.05) is 18.6 Å². The van der Waals surface area contributed by atoms with Crippen molar-refractivity contribution in [2.24, 2.45) is 0 Å². The Hall–Kier alpha value is -0.350. The predicted octanol–water partition coefficient (Wildman–Crippen LogP) is 0.134. The molecule has 0 aromatic carbocycles. The van der Waals surface area contributed by atoms with Crippen LogP contribution in [0.15, 0.2) is 0 Å². The number of carboxylic acids is 1. The molecule has 3 nitrogen and oxygen atoms in total. The van der Waals surface area contributed by atoms with E-state index in [4.69, 9.17) is 5.11 Å². The summed E-state index contributed by atoms with van der Waals surface area (Å²) in [4.78, 5) is 11.8. The first kappa shape index (κ1) is 8.74. The summed E-state index contributed by atoms with van der Waals surface area (Å²) in [6.45, 7) is 2.64. The van der Waals surface area contributed by atoms with E-state index in [1.54, 1.807) is 0 Å². The van der Waals surface area contributed by atoms with Crippen LogP contribution in [-0.4, -0.2) is 40.5 Å². The Morgan fingerprint density at radius 1 is 1.91 bits per heavy atom. The number of likely N-dealkylation sites (N-methyl/N-ethyl adjacent to an activating group) is 1. The van der Waals surface area contributed by atoms with Crippen molar-refractivity contribution >= 4 is 21.3 Å². The number of hydrogen-bond donors (Lipinski definition) is 2. The van der Waals surface area contributed by atoms with Crippen molar-refractivity contribution in [3.63, 3.8) is 0 Å². The molecule has 2 unspecified atom stereocenters. The van der Waals surface area contributed by atoms with Gasteiger partial charge in [0.05, 0.1) is 0 Å². The van der Waals surface area contributed by atoms with Gasteiger partial charge in [0.1, 0.15) is 6.04 Å². The number of hydrogen-bond acceptors (Lipinski definition) is 2. The first-order valence-corrected chi connectivity index (χ1v) is 5.41. The zero-order valence-electron chi connectivity index (χ0n) is 6.76. The molecule has 0 spiro atoms. The molecule has 0 radical (unpaired) electrons. The second-order valence-corrected chi connectivity index (χ2v) is 4.66. The fourth-order valence-corrected chi connectivity index (χ4v) is 2.49. The van der Waals surface area contributed by atoms with Crippen molar-refractivity contribution in [1.82, 2.24) is 5.32 Å². The largest absolute Gasteiger partial charge is 0.480 e. The number of nitrogens with one attached hydrogen (secondary N) is 1. The van der Waals surface area contributed by atoms with Crippen molar-refractivity contribution in [1.29, 1.82) is 0 Å². The molecule has 4 heteroatoms. The van der Waals surface area contributed by atoms with Crippen LogP contribution in [-0.2, 0) is 4.79 Å². The maximum atomic E-state index is 10.6. The highest BCUT2D eigenvalue weighted by Gasteiger charge is 2.30. The number of rotatable bonds is 4. The minimum Gasteiger partial charge on any atom is -0.480 e. The van der Waals surface area contributed by atoms with Gasteiger partial charge in [-0.3, -0.25) is 4.79 Å². The van der Waals surface area contributed by atoms with Gasteiger partial charge in [0.15, 0.2) is 0 Å². The smallest absolute Gasteiger partial charge is 0.325 e. The van der Waals surface area contributed by atoms with Crippen LogP contribution in [0.3, 0.4) is 0 Å². The highest BCUT2D eigenvalue weighted by molar-refractivity contribution is 8.23. The molecule has 0 aromatic rings. The van der Waals surface area contributed by atoms with Crippen LogP contribution in [0, 0.1) is 0 Å². The van der Waals surface area contributed by atoms with E-state index in [-0.39, 0.29) is 16.5 Å². The SMILES string of the molecule is CCNC(C(=O)O)C1=S(C)C1. The van der Waals surface area contributed by atoms with Gasteiger partial charge < -0.3 is 10.4 Å². The van der Waals surface area contributed by atoms with Gasteiger partial charge in [-0.1, -0.05) is 6.92 Å². The molecule has 2 N–H and O–H groups in total. The highest BCUT2D eigenvalue weighted by atomic mass is 32.2. The van der Waals surface area contributed by atoms with Crippen molar-refractivity contribution in [3.8, 4) is 0 Å². The Labute approximate surface area is 68.7 Å². The molecule has 1 aliphatic rings. The molecule has 0 bridgehead atoms. The fourth-order valence-electron chi connectivity index (χ4n) is 1.01. The van der Waals surface area contributed by atoms with Crippen LogP contribution in [0.4, 0.5) is 0 Å². The molecule has 0 saturated heterocycles. The van der Waals surface area contributed by atoms with Gasteiger partial charge in [-0.25, -0.2) is 0 Å². The zero-order valence-corrected chi connectivity index (χ0v) is 7.57. The normalized spacial score (nSPS) is 24.9.